The second kappa shape index (κ2) is 4.63. The van der Waals surface area contributed by atoms with Gasteiger partial charge in [0.05, 0.1) is 0 Å². The summed E-state index contributed by atoms with van der Waals surface area (Å²) >= 11 is 1.81. The van der Waals surface area contributed by atoms with Crippen molar-refractivity contribution in [3.05, 3.63) is 51.7 Å². The number of para-hydroxylation sites is 1. The van der Waals surface area contributed by atoms with E-state index in [-0.39, 0.29) is 11.9 Å². The Morgan fingerprint density at radius 2 is 2.15 bits per heavy atom. The van der Waals surface area contributed by atoms with Crippen molar-refractivity contribution in [2.75, 3.05) is 11.9 Å². The van der Waals surface area contributed by atoms with Gasteiger partial charge in [-0.1, -0.05) is 18.2 Å². The first-order valence-corrected chi connectivity index (χ1v) is 7.88. The molecule has 2 aliphatic heterocycles. The second-order valence-electron chi connectivity index (χ2n) is 5.44. The van der Waals surface area contributed by atoms with Crippen LogP contribution in [0, 0.1) is 0 Å². The summed E-state index contributed by atoms with van der Waals surface area (Å²) < 4.78 is 0. The molecule has 2 aromatic rings. The maximum absolute atomic E-state index is 12.7. The van der Waals surface area contributed by atoms with E-state index in [4.69, 9.17) is 0 Å². The lowest BCUT2D eigenvalue weighted by Gasteiger charge is -2.29. The monoisotopic (exact) mass is 284 g/mol. The molecule has 0 spiro atoms. The zero-order valence-corrected chi connectivity index (χ0v) is 12.0. The minimum absolute atomic E-state index is 0.0902. The van der Waals surface area contributed by atoms with E-state index in [0.717, 1.165) is 31.6 Å². The highest BCUT2D eigenvalue weighted by molar-refractivity contribution is 7.10. The fourth-order valence-corrected chi connectivity index (χ4v) is 3.99. The Morgan fingerprint density at radius 3 is 3.05 bits per heavy atom. The molecule has 0 saturated heterocycles. The molecule has 20 heavy (non-hydrogen) atoms. The van der Waals surface area contributed by atoms with E-state index < -0.39 is 0 Å². The minimum atomic E-state index is -0.0902. The quantitative estimate of drug-likeness (QED) is 0.873. The molecule has 0 bridgehead atoms. The topological polar surface area (TPSA) is 32.3 Å². The smallest absolute Gasteiger partial charge is 0.245 e. The van der Waals surface area contributed by atoms with Crippen LogP contribution in [0.5, 0.6) is 0 Å². The lowest BCUT2D eigenvalue weighted by molar-refractivity contribution is -0.132. The van der Waals surface area contributed by atoms with Crippen molar-refractivity contribution in [3.8, 4) is 0 Å². The highest BCUT2D eigenvalue weighted by Crippen LogP contribution is 2.28. The Hall–Kier alpha value is -1.81. The summed E-state index contributed by atoms with van der Waals surface area (Å²) in [5, 5.41) is 5.49. The number of amides is 1. The van der Waals surface area contributed by atoms with Gasteiger partial charge in [0.15, 0.2) is 0 Å². The van der Waals surface area contributed by atoms with E-state index in [1.165, 1.54) is 16.0 Å². The summed E-state index contributed by atoms with van der Waals surface area (Å²) in [6, 6.07) is 10.3. The lowest BCUT2D eigenvalue weighted by Crippen LogP contribution is -2.44. The van der Waals surface area contributed by atoms with Crippen molar-refractivity contribution >= 4 is 22.9 Å². The molecular formula is C16H16N2OS. The fraction of sp³-hybridized carbons (Fsp3) is 0.312. The minimum Gasteiger partial charge on any atom is -0.373 e. The van der Waals surface area contributed by atoms with Gasteiger partial charge in [-0.2, -0.15) is 0 Å². The predicted octanol–water partition coefficient (Wildman–Crippen LogP) is 2.67. The maximum atomic E-state index is 12.7. The average Bonchev–Trinajstić information content (AvgIpc) is 3.11. The molecule has 4 heteroatoms. The summed E-state index contributed by atoms with van der Waals surface area (Å²) in [4.78, 5) is 16.1. The van der Waals surface area contributed by atoms with Gasteiger partial charge < -0.3 is 10.2 Å². The van der Waals surface area contributed by atoms with Crippen molar-refractivity contribution in [2.24, 2.45) is 0 Å². The highest BCUT2D eigenvalue weighted by atomic mass is 32.1. The van der Waals surface area contributed by atoms with E-state index >= 15 is 0 Å². The number of hydrogen-bond donors (Lipinski definition) is 1. The molecule has 1 unspecified atom stereocenters. The zero-order chi connectivity index (χ0) is 13.5. The number of nitrogens with zero attached hydrogens (tertiary/aromatic N) is 1. The first kappa shape index (κ1) is 12.0. The van der Waals surface area contributed by atoms with Gasteiger partial charge in [-0.15, -0.1) is 11.3 Å². The molecule has 1 atom stereocenters. The molecule has 2 aliphatic rings. The van der Waals surface area contributed by atoms with Gasteiger partial charge in [0.1, 0.15) is 6.04 Å². The van der Waals surface area contributed by atoms with Crippen molar-refractivity contribution in [1.29, 1.82) is 0 Å². The van der Waals surface area contributed by atoms with Gasteiger partial charge in [0, 0.05) is 30.1 Å². The van der Waals surface area contributed by atoms with Crippen LogP contribution in [0.1, 0.15) is 16.0 Å². The standard InChI is InChI=1S/C16H16N2OS/c19-16(14-9-11-3-1-2-4-13(11)17-14)18-7-5-15-12(10-18)6-8-20-15/h1-4,6,8,14,17H,5,7,9-10H2. The average molecular weight is 284 g/mol. The Labute approximate surface area is 122 Å². The Morgan fingerprint density at radius 1 is 1.25 bits per heavy atom. The third-order valence-electron chi connectivity index (χ3n) is 4.19. The molecule has 0 fully saturated rings. The van der Waals surface area contributed by atoms with Crippen LogP contribution < -0.4 is 5.32 Å². The van der Waals surface area contributed by atoms with Gasteiger partial charge in [-0.25, -0.2) is 0 Å². The molecule has 1 aromatic heterocycles. The molecule has 0 aliphatic carbocycles. The molecule has 1 aromatic carbocycles. The number of carbonyl (C=O) groups is 1. The summed E-state index contributed by atoms with van der Waals surface area (Å²) in [6.07, 6.45) is 1.81. The third kappa shape index (κ3) is 1.91. The maximum Gasteiger partial charge on any atom is 0.245 e. The molecule has 3 heterocycles. The molecule has 1 N–H and O–H groups in total. The molecule has 1 amide bonds. The molecule has 4 rings (SSSR count). The number of anilines is 1. The lowest BCUT2D eigenvalue weighted by atomic mass is 10.1. The van der Waals surface area contributed by atoms with Crippen molar-refractivity contribution in [2.45, 2.75) is 25.4 Å². The van der Waals surface area contributed by atoms with Crippen molar-refractivity contribution < 1.29 is 4.79 Å². The fourth-order valence-electron chi connectivity index (χ4n) is 3.10. The number of fused-ring (bicyclic) bond motifs is 2. The third-order valence-corrected chi connectivity index (χ3v) is 5.21. The van der Waals surface area contributed by atoms with Crippen LogP contribution in [0.15, 0.2) is 35.7 Å². The summed E-state index contributed by atoms with van der Waals surface area (Å²) in [5.74, 6) is 0.234. The van der Waals surface area contributed by atoms with Crippen LogP contribution >= 0.6 is 11.3 Å². The Bertz CT molecular complexity index is 635. The number of nitrogens with one attached hydrogen (secondary N) is 1. The van der Waals surface area contributed by atoms with E-state index in [0.29, 0.717) is 0 Å². The van der Waals surface area contributed by atoms with Crippen LogP contribution in [0.2, 0.25) is 0 Å². The normalized spacial score (nSPS) is 20.2. The van der Waals surface area contributed by atoms with E-state index in [1.54, 1.807) is 0 Å². The number of carbonyl (C=O) groups excluding carboxylic acids is 1. The zero-order valence-electron chi connectivity index (χ0n) is 11.1. The summed E-state index contributed by atoms with van der Waals surface area (Å²) in [5.41, 5.74) is 3.68. The van der Waals surface area contributed by atoms with E-state index in [1.807, 2.05) is 28.4 Å². The first-order valence-electron chi connectivity index (χ1n) is 7.00. The summed E-state index contributed by atoms with van der Waals surface area (Å²) in [7, 11) is 0. The van der Waals surface area contributed by atoms with Gasteiger partial charge in [-0.3, -0.25) is 4.79 Å². The molecule has 0 radical (unpaired) electrons. The van der Waals surface area contributed by atoms with Crippen molar-refractivity contribution in [3.63, 3.8) is 0 Å². The number of rotatable bonds is 1. The molecule has 102 valence electrons. The van der Waals surface area contributed by atoms with Gasteiger partial charge in [0.25, 0.3) is 0 Å². The second-order valence-corrected chi connectivity index (χ2v) is 6.44. The van der Waals surface area contributed by atoms with Crippen LogP contribution in [0.4, 0.5) is 5.69 Å². The Kier molecular flexibility index (Phi) is 2.77. The molecule has 0 saturated carbocycles. The predicted molar refractivity (Wildman–Crippen MR) is 81.0 cm³/mol. The molecular weight excluding hydrogens is 268 g/mol. The molecule has 3 nitrogen and oxygen atoms in total. The van der Waals surface area contributed by atoms with Crippen LogP contribution in [0.3, 0.4) is 0 Å². The number of thiophene rings is 1. The van der Waals surface area contributed by atoms with Crippen LogP contribution in [-0.4, -0.2) is 23.4 Å². The highest BCUT2D eigenvalue weighted by Gasteiger charge is 2.31. The largest absolute Gasteiger partial charge is 0.373 e. The Balaban J connectivity index is 1.50. The summed E-state index contributed by atoms with van der Waals surface area (Å²) in [6.45, 7) is 1.62. The van der Waals surface area contributed by atoms with Crippen LogP contribution in [0.25, 0.3) is 0 Å². The SMILES string of the molecule is O=C(C1Cc2ccccc2N1)N1CCc2sccc2C1. The van der Waals surface area contributed by atoms with Gasteiger partial charge in [-0.05, 0) is 35.1 Å². The number of benzene rings is 1. The van der Waals surface area contributed by atoms with Crippen LogP contribution in [-0.2, 0) is 24.2 Å². The van der Waals surface area contributed by atoms with Gasteiger partial charge in [0.2, 0.25) is 5.91 Å². The van der Waals surface area contributed by atoms with E-state index in [9.17, 15) is 4.79 Å². The number of hydrogen-bond acceptors (Lipinski definition) is 3. The first-order chi connectivity index (χ1) is 9.81. The van der Waals surface area contributed by atoms with E-state index in [2.05, 4.69) is 28.9 Å². The van der Waals surface area contributed by atoms with Gasteiger partial charge >= 0.3 is 0 Å². The van der Waals surface area contributed by atoms with Crippen molar-refractivity contribution in [1.82, 2.24) is 4.90 Å².